The van der Waals surface area contributed by atoms with Gasteiger partial charge in [0.15, 0.2) is 0 Å². The van der Waals surface area contributed by atoms with Crippen molar-refractivity contribution in [3.63, 3.8) is 0 Å². The topological polar surface area (TPSA) is 8.81 Å². The minimum Gasteiger partial charge on any atom is -0.227 e. The van der Waals surface area contributed by atoms with Crippen molar-refractivity contribution in [3.05, 3.63) is 17.2 Å². The summed E-state index contributed by atoms with van der Waals surface area (Å²) >= 11 is 0. The highest BCUT2D eigenvalue weighted by atomic mass is 15.2. The molecule has 0 spiro atoms. The van der Waals surface area contributed by atoms with E-state index in [0.717, 1.165) is 6.42 Å². The monoisotopic (exact) mass is 237 g/mol. The molecular formula is C15H29N2+. The van der Waals surface area contributed by atoms with Gasteiger partial charge in [-0.25, -0.2) is 9.13 Å². The Bertz CT molecular complexity index is 417. The van der Waals surface area contributed by atoms with Crippen LogP contribution in [-0.2, 0) is 11.1 Å². The van der Waals surface area contributed by atoms with Gasteiger partial charge in [0.05, 0.1) is 0 Å². The fraction of sp³-hybridized carbons (Fsp3) is 0.800. The van der Waals surface area contributed by atoms with Crippen LogP contribution in [0.3, 0.4) is 0 Å². The molecule has 0 fully saturated rings. The SMILES string of the molecule is CCC(C)(C)[n+]1c(C)c(C)n(C(C)(C)C)c1C. The molecule has 1 aromatic heterocycles. The molecule has 0 aliphatic heterocycles. The third-order valence-electron chi connectivity index (χ3n) is 3.98. The van der Waals surface area contributed by atoms with E-state index in [2.05, 4.69) is 71.4 Å². The smallest absolute Gasteiger partial charge is 0.227 e. The van der Waals surface area contributed by atoms with Crippen molar-refractivity contribution in [2.75, 3.05) is 0 Å². The first-order valence-corrected chi connectivity index (χ1v) is 6.65. The molecule has 0 saturated heterocycles. The van der Waals surface area contributed by atoms with Gasteiger partial charge < -0.3 is 0 Å². The summed E-state index contributed by atoms with van der Waals surface area (Å²) in [6, 6.07) is 0. The van der Waals surface area contributed by atoms with Gasteiger partial charge in [-0.1, -0.05) is 6.92 Å². The van der Waals surface area contributed by atoms with Crippen LogP contribution in [0.2, 0.25) is 0 Å². The van der Waals surface area contributed by atoms with Crippen molar-refractivity contribution in [1.29, 1.82) is 0 Å². The van der Waals surface area contributed by atoms with Crippen LogP contribution in [0.1, 0.15) is 65.2 Å². The number of rotatable bonds is 2. The van der Waals surface area contributed by atoms with E-state index in [1.54, 1.807) is 0 Å². The molecule has 0 N–H and O–H groups in total. The average Bonchev–Trinajstić information content (AvgIpc) is 2.37. The Hall–Kier alpha value is -0.790. The van der Waals surface area contributed by atoms with Crippen molar-refractivity contribution in [2.24, 2.45) is 0 Å². The van der Waals surface area contributed by atoms with Crippen LogP contribution < -0.4 is 4.57 Å². The maximum atomic E-state index is 2.49. The Morgan fingerprint density at radius 3 is 1.76 bits per heavy atom. The van der Waals surface area contributed by atoms with E-state index in [0.29, 0.717) is 0 Å². The number of nitrogens with zero attached hydrogens (tertiary/aromatic N) is 2. The van der Waals surface area contributed by atoms with Crippen LogP contribution in [0.5, 0.6) is 0 Å². The molecule has 0 aliphatic rings. The van der Waals surface area contributed by atoms with E-state index < -0.39 is 0 Å². The molecule has 17 heavy (non-hydrogen) atoms. The van der Waals surface area contributed by atoms with Gasteiger partial charge in [-0.15, -0.1) is 0 Å². The minimum atomic E-state index is 0.147. The maximum Gasteiger partial charge on any atom is 0.254 e. The molecule has 0 aromatic carbocycles. The van der Waals surface area contributed by atoms with Crippen LogP contribution in [0.15, 0.2) is 0 Å². The largest absolute Gasteiger partial charge is 0.254 e. The number of hydrogen-bond acceptors (Lipinski definition) is 0. The van der Waals surface area contributed by atoms with Crippen LogP contribution in [0, 0.1) is 20.8 Å². The predicted octanol–water partition coefficient (Wildman–Crippen LogP) is 3.60. The van der Waals surface area contributed by atoms with Gasteiger partial charge in [0.25, 0.3) is 5.82 Å². The Labute approximate surface area is 107 Å². The summed E-state index contributed by atoms with van der Waals surface area (Å²) in [5.74, 6) is 1.36. The van der Waals surface area contributed by atoms with Crippen LogP contribution in [0.4, 0.5) is 0 Å². The number of hydrogen-bond donors (Lipinski definition) is 0. The molecule has 0 bridgehead atoms. The second-order valence-electron chi connectivity index (χ2n) is 6.73. The second-order valence-corrected chi connectivity index (χ2v) is 6.73. The Kier molecular flexibility index (Phi) is 3.48. The highest BCUT2D eigenvalue weighted by Crippen LogP contribution is 2.24. The quantitative estimate of drug-likeness (QED) is 0.695. The lowest BCUT2D eigenvalue weighted by Gasteiger charge is -2.23. The zero-order valence-corrected chi connectivity index (χ0v) is 13.1. The highest BCUT2D eigenvalue weighted by molar-refractivity contribution is 5.10. The van der Waals surface area contributed by atoms with Gasteiger partial charge in [-0.2, -0.15) is 0 Å². The maximum absolute atomic E-state index is 2.49. The zero-order chi connectivity index (χ0) is 13.6. The summed E-state index contributed by atoms with van der Waals surface area (Å²) in [6.07, 6.45) is 1.15. The minimum absolute atomic E-state index is 0.147. The van der Waals surface area contributed by atoms with E-state index in [1.165, 1.54) is 17.2 Å². The highest BCUT2D eigenvalue weighted by Gasteiger charge is 2.36. The fourth-order valence-corrected chi connectivity index (χ4v) is 2.95. The van der Waals surface area contributed by atoms with Crippen LogP contribution in [-0.4, -0.2) is 4.57 Å². The molecule has 0 saturated carbocycles. The normalized spacial score (nSPS) is 13.2. The molecule has 0 radical (unpaired) electrons. The molecule has 1 rings (SSSR count). The molecule has 2 nitrogen and oxygen atoms in total. The molecular weight excluding hydrogens is 208 g/mol. The Morgan fingerprint density at radius 2 is 1.47 bits per heavy atom. The average molecular weight is 237 g/mol. The first-order chi connectivity index (χ1) is 7.54. The summed E-state index contributed by atoms with van der Waals surface area (Å²) in [4.78, 5) is 0. The van der Waals surface area contributed by atoms with Crippen molar-refractivity contribution in [3.8, 4) is 0 Å². The molecule has 1 heterocycles. The summed E-state index contributed by atoms with van der Waals surface area (Å²) in [6.45, 7) is 20.4. The van der Waals surface area contributed by atoms with Crippen molar-refractivity contribution >= 4 is 0 Å². The molecule has 98 valence electrons. The van der Waals surface area contributed by atoms with Gasteiger partial charge in [0.1, 0.15) is 22.5 Å². The third-order valence-corrected chi connectivity index (χ3v) is 3.98. The molecule has 0 aliphatic carbocycles. The van der Waals surface area contributed by atoms with Crippen molar-refractivity contribution < 1.29 is 4.57 Å². The lowest BCUT2D eigenvalue weighted by Crippen LogP contribution is -2.55. The van der Waals surface area contributed by atoms with Crippen LogP contribution >= 0.6 is 0 Å². The van der Waals surface area contributed by atoms with Crippen molar-refractivity contribution in [1.82, 2.24) is 4.57 Å². The zero-order valence-electron chi connectivity index (χ0n) is 13.1. The predicted molar refractivity (Wildman–Crippen MR) is 73.4 cm³/mol. The number of aromatic nitrogens is 2. The van der Waals surface area contributed by atoms with Crippen molar-refractivity contribution in [2.45, 2.75) is 79.8 Å². The summed E-state index contributed by atoms with van der Waals surface area (Å²) < 4.78 is 4.95. The van der Waals surface area contributed by atoms with Gasteiger partial charge >= 0.3 is 0 Å². The van der Waals surface area contributed by atoms with Gasteiger partial charge in [0, 0.05) is 20.8 Å². The summed E-state index contributed by atoms with van der Waals surface area (Å²) in [7, 11) is 0. The lowest BCUT2D eigenvalue weighted by molar-refractivity contribution is -0.768. The van der Waals surface area contributed by atoms with E-state index in [1.807, 2.05) is 0 Å². The van der Waals surface area contributed by atoms with E-state index in [4.69, 9.17) is 0 Å². The fourth-order valence-electron chi connectivity index (χ4n) is 2.95. The second kappa shape index (κ2) is 4.15. The van der Waals surface area contributed by atoms with Gasteiger partial charge in [-0.3, -0.25) is 0 Å². The van der Waals surface area contributed by atoms with E-state index in [9.17, 15) is 0 Å². The first kappa shape index (κ1) is 14.3. The standard InChI is InChI=1S/C15H29N2/c1-10-15(8,9)17-12(3)11(2)16(13(17)4)14(5,6)7/h10H2,1-9H3/q+1. The van der Waals surface area contributed by atoms with Crippen LogP contribution in [0.25, 0.3) is 0 Å². The molecule has 2 heteroatoms. The molecule has 0 atom stereocenters. The third kappa shape index (κ3) is 2.27. The number of imidazole rings is 1. The molecule has 0 unspecified atom stereocenters. The van der Waals surface area contributed by atoms with Gasteiger partial charge in [-0.05, 0) is 41.0 Å². The Morgan fingerprint density at radius 1 is 1.00 bits per heavy atom. The van der Waals surface area contributed by atoms with E-state index in [-0.39, 0.29) is 11.1 Å². The summed E-state index contributed by atoms with van der Waals surface area (Å²) in [5, 5.41) is 0. The Balaban J connectivity index is 3.58. The molecule has 1 aromatic rings. The van der Waals surface area contributed by atoms with Gasteiger partial charge in [0.2, 0.25) is 0 Å². The lowest BCUT2D eigenvalue weighted by atomic mass is 10.0. The van der Waals surface area contributed by atoms with E-state index >= 15 is 0 Å². The first-order valence-electron chi connectivity index (χ1n) is 6.65. The summed E-state index contributed by atoms with van der Waals surface area (Å²) in [5.41, 5.74) is 3.12. The molecule has 0 amide bonds.